The third-order valence-corrected chi connectivity index (χ3v) is 4.25. The van der Waals surface area contributed by atoms with Crippen LogP contribution in [0.5, 0.6) is 0 Å². The first kappa shape index (κ1) is 18.5. The van der Waals surface area contributed by atoms with Gasteiger partial charge in [-0.2, -0.15) is 0 Å². The zero-order valence-corrected chi connectivity index (χ0v) is 14.9. The Morgan fingerprint density at radius 1 is 1.24 bits per heavy atom. The Hall–Kier alpha value is -2.87. The summed E-state index contributed by atoms with van der Waals surface area (Å²) in [5, 5.41) is 4.52. The predicted molar refractivity (Wildman–Crippen MR) is 97.1 cm³/mol. The summed E-state index contributed by atoms with van der Waals surface area (Å²) in [6.07, 6.45) is -1.03. The summed E-state index contributed by atoms with van der Waals surface area (Å²) in [6, 6.07) is 8.41. The van der Waals surface area contributed by atoms with Crippen molar-refractivity contribution in [1.82, 2.24) is 0 Å². The molecule has 25 heavy (non-hydrogen) atoms. The van der Waals surface area contributed by atoms with Crippen molar-refractivity contribution in [3.63, 3.8) is 0 Å². The number of nitrogens with two attached hydrogens (primary N) is 1. The normalized spacial score (nSPS) is 11.5. The minimum atomic E-state index is -1.03. The maximum Gasteiger partial charge on any atom is 0.338 e. The molecule has 0 aliphatic carbocycles. The third kappa shape index (κ3) is 4.57. The van der Waals surface area contributed by atoms with Gasteiger partial charge in [0.15, 0.2) is 6.10 Å². The van der Waals surface area contributed by atoms with E-state index in [1.807, 2.05) is 25.1 Å². The van der Waals surface area contributed by atoms with Crippen molar-refractivity contribution < 1.29 is 19.1 Å². The van der Waals surface area contributed by atoms with E-state index in [4.69, 9.17) is 10.5 Å². The lowest BCUT2D eigenvalue weighted by atomic mass is 10.2. The SMILES string of the molecule is C[C@@H](OC(=O)c1cccc(N(C)C)c1)C(=O)Nc1sccc1C(N)=O. The second kappa shape index (κ2) is 7.80. The molecular weight excluding hydrogens is 342 g/mol. The van der Waals surface area contributed by atoms with Crippen LogP contribution < -0.4 is 16.0 Å². The first-order valence-electron chi connectivity index (χ1n) is 7.46. The lowest BCUT2D eigenvalue weighted by molar-refractivity contribution is -0.123. The van der Waals surface area contributed by atoms with Crippen LogP contribution in [-0.2, 0) is 9.53 Å². The summed E-state index contributed by atoms with van der Waals surface area (Å²) >= 11 is 1.17. The van der Waals surface area contributed by atoms with Crippen molar-refractivity contribution in [2.24, 2.45) is 5.73 Å². The minimum Gasteiger partial charge on any atom is -0.449 e. The van der Waals surface area contributed by atoms with Crippen molar-refractivity contribution in [3.05, 3.63) is 46.8 Å². The number of benzene rings is 1. The molecule has 1 atom stereocenters. The summed E-state index contributed by atoms with van der Waals surface area (Å²) in [4.78, 5) is 37.5. The Bertz CT molecular complexity index is 801. The second-order valence-electron chi connectivity index (χ2n) is 5.51. The molecule has 1 aromatic heterocycles. The van der Waals surface area contributed by atoms with Gasteiger partial charge in [-0.25, -0.2) is 4.79 Å². The fourth-order valence-corrected chi connectivity index (χ4v) is 2.80. The smallest absolute Gasteiger partial charge is 0.338 e. The number of carbonyl (C=O) groups is 3. The molecule has 0 bridgehead atoms. The van der Waals surface area contributed by atoms with Crippen LogP contribution in [0.4, 0.5) is 10.7 Å². The number of nitrogens with one attached hydrogen (secondary N) is 1. The minimum absolute atomic E-state index is 0.218. The van der Waals surface area contributed by atoms with E-state index in [9.17, 15) is 14.4 Å². The van der Waals surface area contributed by atoms with E-state index in [-0.39, 0.29) is 5.56 Å². The van der Waals surface area contributed by atoms with Crippen LogP contribution >= 0.6 is 11.3 Å². The van der Waals surface area contributed by atoms with Crippen LogP contribution in [0.1, 0.15) is 27.6 Å². The standard InChI is InChI=1S/C17H19N3O4S/c1-10(15(22)19-16-13(14(18)21)7-8-25-16)24-17(23)11-5-4-6-12(9-11)20(2)3/h4-10H,1-3H3,(H2,18,21)(H,19,22)/t10-/m1/s1. The molecule has 0 aliphatic heterocycles. The van der Waals surface area contributed by atoms with E-state index in [1.165, 1.54) is 24.3 Å². The highest BCUT2D eigenvalue weighted by molar-refractivity contribution is 7.14. The van der Waals surface area contributed by atoms with E-state index in [0.29, 0.717) is 10.6 Å². The first-order chi connectivity index (χ1) is 11.8. The summed E-state index contributed by atoms with van der Waals surface area (Å²) < 4.78 is 5.20. The number of anilines is 2. The van der Waals surface area contributed by atoms with Gasteiger partial charge >= 0.3 is 5.97 Å². The Balaban J connectivity index is 2.03. The van der Waals surface area contributed by atoms with Gasteiger partial charge in [0.05, 0.1) is 11.1 Å². The maximum atomic E-state index is 12.2. The van der Waals surface area contributed by atoms with Gasteiger partial charge in [0.25, 0.3) is 11.8 Å². The van der Waals surface area contributed by atoms with Crippen molar-refractivity contribution in [1.29, 1.82) is 0 Å². The molecule has 0 fully saturated rings. The van der Waals surface area contributed by atoms with Gasteiger partial charge in [0.2, 0.25) is 0 Å². The van der Waals surface area contributed by atoms with Crippen LogP contribution in [0.2, 0.25) is 0 Å². The lowest BCUT2D eigenvalue weighted by Crippen LogP contribution is -2.30. The average Bonchev–Trinajstić information content (AvgIpc) is 3.03. The van der Waals surface area contributed by atoms with Crippen molar-refractivity contribution in [2.45, 2.75) is 13.0 Å². The van der Waals surface area contributed by atoms with Crippen LogP contribution in [0.3, 0.4) is 0 Å². The van der Waals surface area contributed by atoms with E-state index in [0.717, 1.165) is 5.69 Å². The molecule has 7 nitrogen and oxygen atoms in total. The quantitative estimate of drug-likeness (QED) is 0.767. The van der Waals surface area contributed by atoms with Crippen LogP contribution in [0, 0.1) is 0 Å². The zero-order chi connectivity index (χ0) is 18.6. The summed E-state index contributed by atoms with van der Waals surface area (Å²) in [7, 11) is 3.72. The summed E-state index contributed by atoms with van der Waals surface area (Å²) in [5.74, 6) is -1.78. The van der Waals surface area contributed by atoms with Gasteiger partial charge < -0.3 is 20.7 Å². The predicted octanol–water partition coefficient (Wildman–Crippen LogP) is 2.10. The number of hydrogen-bond acceptors (Lipinski definition) is 6. The van der Waals surface area contributed by atoms with E-state index >= 15 is 0 Å². The van der Waals surface area contributed by atoms with Crippen LogP contribution in [0.25, 0.3) is 0 Å². The Morgan fingerprint density at radius 3 is 2.60 bits per heavy atom. The number of rotatable bonds is 6. The summed E-state index contributed by atoms with van der Waals surface area (Å²) in [5.41, 5.74) is 6.64. The molecule has 1 heterocycles. The van der Waals surface area contributed by atoms with E-state index in [2.05, 4.69) is 5.32 Å². The number of primary amides is 1. The van der Waals surface area contributed by atoms with Crippen LogP contribution in [0.15, 0.2) is 35.7 Å². The Kier molecular flexibility index (Phi) is 5.76. The molecular formula is C17H19N3O4S. The van der Waals surface area contributed by atoms with Crippen molar-refractivity contribution >= 4 is 39.8 Å². The lowest BCUT2D eigenvalue weighted by Gasteiger charge is -2.15. The topological polar surface area (TPSA) is 102 Å². The largest absolute Gasteiger partial charge is 0.449 e. The second-order valence-corrected chi connectivity index (χ2v) is 6.43. The van der Waals surface area contributed by atoms with Gasteiger partial charge in [0, 0.05) is 19.8 Å². The molecule has 0 spiro atoms. The molecule has 8 heteroatoms. The number of ether oxygens (including phenoxy) is 1. The monoisotopic (exact) mass is 361 g/mol. The molecule has 0 saturated heterocycles. The third-order valence-electron chi connectivity index (χ3n) is 3.42. The maximum absolute atomic E-state index is 12.2. The van der Waals surface area contributed by atoms with Gasteiger partial charge in [-0.15, -0.1) is 11.3 Å². The molecule has 2 rings (SSSR count). The molecule has 0 aliphatic rings. The average molecular weight is 361 g/mol. The molecule has 0 unspecified atom stereocenters. The first-order valence-corrected chi connectivity index (χ1v) is 8.34. The number of amides is 2. The van der Waals surface area contributed by atoms with E-state index in [1.54, 1.807) is 23.6 Å². The van der Waals surface area contributed by atoms with Gasteiger partial charge in [-0.05, 0) is 36.6 Å². The molecule has 2 amide bonds. The number of carbonyl (C=O) groups excluding carboxylic acids is 3. The zero-order valence-electron chi connectivity index (χ0n) is 14.1. The summed E-state index contributed by atoms with van der Waals surface area (Å²) in [6.45, 7) is 1.46. The number of hydrogen-bond donors (Lipinski definition) is 2. The Labute approximate surface area is 149 Å². The number of esters is 1. The van der Waals surface area contributed by atoms with Crippen molar-refractivity contribution in [2.75, 3.05) is 24.3 Å². The van der Waals surface area contributed by atoms with Crippen molar-refractivity contribution in [3.8, 4) is 0 Å². The molecule has 3 N–H and O–H groups in total. The fourth-order valence-electron chi connectivity index (χ4n) is 2.01. The van der Waals surface area contributed by atoms with Gasteiger partial charge in [0.1, 0.15) is 5.00 Å². The molecule has 132 valence electrons. The Morgan fingerprint density at radius 2 is 1.96 bits per heavy atom. The highest BCUT2D eigenvalue weighted by Crippen LogP contribution is 2.23. The molecule has 2 aromatic rings. The highest BCUT2D eigenvalue weighted by Gasteiger charge is 2.21. The number of nitrogens with zero attached hydrogens (tertiary/aromatic N) is 1. The van der Waals surface area contributed by atoms with Crippen LogP contribution in [-0.4, -0.2) is 38.0 Å². The van der Waals surface area contributed by atoms with Gasteiger partial charge in [-0.3, -0.25) is 9.59 Å². The molecule has 1 aromatic carbocycles. The highest BCUT2D eigenvalue weighted by atomic mass is 32.1. The number of thiophene rings is 1. The molecule has 0 saturated carbocycles. The van der Waals surface area contributed by atoms with Gasteiger partial charge in [-0.1, -0.05) is 6.07 Å². The molecule has 0 radical (unpaired) electrons. The van der Waals surface area contributed by atoms with E-state index < -0.39 is 23.9 Å². The fraction of sp³-hybridized carbons (Fsp3) is 0.235.